The number of benzene rings is 2. The van der Waals surface area contributed by atoms with Crippen molar-refractivity contribution in [2.75, 3.05) is 26.0 Å². The number of hydrogen-bond acceptors (Lipinski definition) is 6. The number of ether oxygens (including phenoxy) is 1. The molecule has 1 fully saturated rings. The van der Waals surface area contributed by atoms with Crippen molar-refractivity contribution >= 4 is 34.5 Å². The molecule has 3 aromatic rings. The van der Waals surface area contributed by atoms with E-state index < -0.39 is 0 Å². The van der Waals surface area contributed by atoms with Gasteiger partial charge in [0.15, 0.2) is 5.16 Å². The molecule has 1 amide bonds. The van der Waals surface area contributed by atoms with E-state index in [4.69, 9.17) is 9.72 Å². The summed E-state index contributed by atoms with van der Waals surface area (Å²) in [4.78, 5) is 44.6. The first-order chi connectivity index (χ1) is 16.0. The molecule has 1 aliphatic rings. The molecule has 0 atom stereocenters. The number of amides is 1. The maximum absolute atomic E-state index is 13.5. The lowest BCUT2D eigenvalue weighted by atomic mass is 9.97. The van der Waals surface area contributed by atoms with Gasteiger partial charge in [0.1, 0.15) is 0 Å². The zero-order chi connectivity index (χ0) is 23.4. The smallest absolute Gasteiger partial charge is 0.308 e. The van der Waals surface area contributed by atoms with E-state index in [-0.39, 0.29) is 29.1 Å². The van der Waals surface area contributed by atoms with E-state index in [1.807, 2.05) is 49.4 Å². The van der Waals surface area contributed by atoms with Crippen molar-refractivity contribution in [3.8, 4) is 5.69 Å². The fourth-order valence-electron chi connectivity index (χ4n) is 4.20. The Hall–Kier alpha value is -3.13. The molecule has 0 N–H and O–H groups in total. The molecular formula is C25H27N3O4S. The number of rotatable bonds is 6. The first-order valence-electron chi connectivity index (χ1n) is 11.1. The monoisotopic (exact) mass is 465 g/mol. The van der Waals surface area contributed by atoms with Crippen LogP contribution in [0.2, 0.25) is 0 Å². The lowest BCUT2D eigenvalue weighted by Crippen LogP contribution is -2.41. The third kappa shape index (κ3) is 4.80. The molecule has 0 radical (unpaired) electrons. The minimum atomic E-state index is -0.213. The van der Waals surface area contributed by atoms with Crippen LogP contribution in [0.5, 0.6) is 0 Å². The molecule has 0 saturated carbocycles. The van der Waals surface area contributed by atoms with E-state index in [1.165, 1.54) is 18.9 Å². The summed E-state index contributed by atoms with van der Waals surface area (Å²) in [5.41, 5.74) is 2.30. The third-order valence-corrected chi connectivity index (χ3v) is 6.99. The van der Waals surface area contributed by atoms with Gasteiger partial charge in [-0.3, -0.25) is 19.0 Å². The quantitative estimate of drug-likeness (QED) is 0.315. The number of carbonyl (C=O) groups is 2. The highest BCUT2D eigenvalue weighted by Crippen LogP contribution is 2.25. The van der Waals surface area contributed by atoms with Crippen molar-refractivity contribution in [1.29, 1.82) is 0 Å². The zero-order valence-corrected chi connectivity index (χ0v) is 19.6. The fraction of sp³-hybridized carbons (Fsp3) is 0.360. The van der Waals surface area contributed by atoms with Crippen LogP contribution in [0.15, 0.2) is 58.5 Å². The number of carbonyl (C=O) groups excluding carboxylic acids is 2. The minimum absolute atomic E-state index is 0.0268. The van der Waals surface area contributed by atoms with Gasteiger partial charge in [0.25, 0.3) is 5.56 Å². The van der Waals surface area contributed by atoms with Crippen molar-refractivity contribution in [3.63, 3.8) is 0 Å². The van der Waals surface area contributed by atoms with Gasteiger partial charge < -0.3 is 9.64 Å². The highest BCUT2D eigenvalue weighted by Gasteiger charge is 2.28. The molecule has 172 valence electrons. The number of aryl methyl sites for hydroxylation is 1. The summed E-state index contributed by atoms with van der Waals surface area (Å²) in [7, 11) is 1.39. The van der Waals surface area contributed by atoms with Crippen LogP contribution in [0.4, 0.5) is 0 Å². The Morgan fingerprint density at radius 2 is 1.79 bits per heavy atom. The van der Waals surface area contributed by atoms with Gasteiger partial charge in [0, 0.05) is 13.1 Å². The Kier molecular flexibility index (Phi) is 7.13. The number of esters is 1. The molecule has 0 bridgehead atoms. The summed E-state index contributed by atoms with van der Waals surface area (Å²) < 4.78 is 6.45. The highest BCUT2D eigenvalue weighted by atomic mass is 32.2. The number of thioether (sulfide) groups is 1. The average Bonchev–Trinajstić information content (AvgIpc) is 2.87. The van der Waals surface area contributed by atoms with Crippen LogP contribution in [0.1, 0.15) is 25.3 Å². The maximum Gasteiger partial charge on any atom is 0.308 e. The van der Waals surface area contributed by atoms with Crippen molar-refractivity contribution in [2.45, 2.75) is 31.3 Å². The average molecular weight is 466 g/mol. The van der Waals surface area contributed by atoms with Crippen molar-refractivity contribution < 1.29 is 14.3 Å². The van der Waals surface area contributed by atoms with E-state index in [0.29, 0.717) is 42.0 Å². The van der Waals surface area contributed by atoms with Crippen molar-refractivity contribution in [2.24, 2.45) is 5.92 Å². The molecule has 33 heavy (non-hydrogen) atoms. The number of piperidine rings is 1. The molecule has 7 nitrogen and oxygen atoms in total. The molecule has 0 aliphatic carbocycles. The fourth-order valence-corrected chi connectivity index (χ4v) is 5.11. The number of methoxy groups -OCH3 is 1. The summed E-state index contributed by atoms with van der Waals surface area (Å²) >= 11 is 1.27. The standard InChI is InChI=1S/C25H27N3O4S/c1-3-17-8-4-7-11-21(17)28-23(30)19-9-5-6-10-20(19)26-25(28)33-16-22(29)27-14-12-18(13-15-27)24(31)32-2/h4-11,18H,3,12-16H2,1-2H3. The Morgan fingerprint density at radius 3 is 2.52 bits per heavy atom. The predicted molar refractivity (Wildman–Crippen MR) is 129 cm³/mol. The van der Waals surface area contributed by atoms with Crippen LogP contribution in [-0.4, -0.2) is 52.3 Å². The summed E-state index contributed by atoms with van der Waals surface area (Å²) in [5.74, 6) is -0.219. The Labute approximate surface area is 196 Å². The summed E-state index contributed by atoms with van der Waals surface area (Å²) in [6, 6.07) is 15.1. The topological polar surface area (TPSA) is 81.5 Å². The molecule has 1 saturated heterocycles. The van der Waals surface area contributed by atoms with E-state index in [2.05, 4.69) is 0 Å². The van der Waals surface area contributed by atoms with Crippen LogP contribution < -0.4 is 5.56 Å². The number of nitrogens with zero attached hydrogens (tertiary/aromatic N) is 3. The van der Waals surface area contributed by atoms with Gasteiger partial charge in [-0.1, -0.05) is 49.0 Å². The minimum Gasteiger partial charge on any atom is -0.469 e. The molecule has 1 aromatic heterocycles. The summed E-state index contributed by atoms with van der Waals surface area (Å²) in [5, 5.41) is 1.04. The lowest BCUT2D eigenvalue weighted by molar-refractivity contribution is -0.148. The van der Waals surface area contributed by atoms with Crippen LogP contribution in [0.25, 0.3) is 16.6 Å². The van der Waals surface area contributed by atoms with Gasteiger partial charge in [-0.05, 0) is 43.0 Å². The Balaban J connectivity index is 1.61. The van der Waals surface area contributed by atoms with Crippen LogP contribution in [-0.2, 0) is 20.7 Å². The number of hydrogen-bond donors (Lipinski definition) is 0. The van der Waals surface area contributed by atoms with Crippen LogP contribution >= 0.6 is 11.8 Å². The highest BCUT2D eigenvalue weighted by molar-refractivity contribution is 7.99. The predicted octanol–water partition coefficient (Wildman–Crippen LogP) is 3.45. The van der Waals surface area contributed by atoms with Gasteiger partial charge in [-0.25, -0.2) is 4.98 Å². The Morgan fingerprint density at radius 1 is 1.09 bits per heavy atom. The molecule has 0 spiro atoms. The summed E-state index contributed by atoms with van der Waals surface area (Å²) in [6.07, 6.45) is 1.98. The van der Waals surface area contributed by atoms with E-state index >= 15 is 0 Å². The normalized spacial score (nSPS) is 14.4. The van der Waals surface area contributed by atoms with Crippen LogP contribution in [0.3, 0.4) is 0 Å². The molecular weight excluding hydrogens is 438 g/mol. The van der Waals surface area contributed by atoms with Gasteiger partial charge in [-0.2, -0.15) is 0 Å². The van der Waals surface area contributed by atoms with E-state index in [9.17, 15) is 14.4 Å². The first kappa shape index (κ1) is 23.0. The largest absolute Gasteiger partial charge is 0.469 e. The maximum atomic E-state index is 13.5. The third-order valence-electron chi connectivity index (χ3n) is 6.07. The number of para-hydroxylation sites is 2. The molecule has 2 aromatic carbocycles. The number of likely N-dealkylation sites (tertiary alicyclic amines) is 1. The molecule has 1 aliphatic heterocycles. The van der Waals surface area contributed by atoms with Gasteiger partial charge in [0.05, 0.1) is 35.4 Å². The number of fused-ring (bicyclic) bond motifs is 1. The second-order valence-corrected chi connectivity index (χ2v) is 8.94. The van der Waals surface area contributed by atoms with E-state index in [1.54, 1.807) is 15.5 Å². The summed E-state index contributed by atoms with van der Waals surface area (Å²) in [6.45, 7) is 3.10. The number of aromatic nitrogens is 2. The zero-order valence-electron chi connectivity index (χ0n) is 18.8. The van der Waals surface area contributed by atoms with Gasteiger partial charge >= 0.3 is 5.97 Å². The van der Waals surface area contributed by atoms with Gasteiger partial charge in [-0.15, -0.1) is 0 Å². The first-order valence-corrected chi connectivity index (χ1v) is 12.1. The van der Waals surface area contributed by atoms with Crippen molar-refractivity contribution in [3.05, 3.63) is 64.4 Å². The second-order valence-electron chi connectivity index (χ2n) is 8.00. The second kappa shape index (κ2) is 10.2. The van der Waals surface area contributed by atoms with Crippen LogP contribution in [0, 0.1) is 5.92 Å². The SMILES string of the molecule is CCc1ccccc1-n1c(SCC(=O)N2CCC(C(=O)OC)CC2)nc2ccccc2c1=O. The molecule has 2 heterocycles. The van der Waals surface area contributed by atoms with Gasteiger partial charge in [0.2, 0.25) is 5.91 Å². The lowest BCUT2D eigenvalue weighted by Gasteiger charge is -2.30. The molecule has 4 rings (SSSR count). The van der Waals surface area contributed by atoms with Crippen molar-refractivity contribution in [1.82, 2.24) is 14.5 Å². The Bertz CT molecular complexity index is 1230. The van der Waals surface area contributed by atoms with E-state index in [0.717, 1.165) is 17.7 Å². The molecule has 0 unspecified atom stereocenters. The molecule has 8 heteroatoms.